The van der Waals surface area contributed by atoms with Gasteiger partial charge in [-0.1, -0.05) is 48.3 Å². The highest BCUT2D eigenvalue weighted by Gasteiger charge is 2.27. The summed E-state index contributed by atoms with van der Waals surface area (Å²) in [6, 6.07) is 13.4. The Morgan fingerprint density at radius 2 is 1.72 bits per heavy atom. The van der Waals surface area contributed by atoms with Gasteiger partial charge in [-0.25, -0.2) is 0 Å². The molecule has 2 aromatic carbocycles. The molecule has 2 unspecified atom stereocenters. The highest BCUT2D eigenvalue weighted by Crippen LogP contribution is 2.18. The fraction of sp³-hybridized carbons (Fsp3) is 0.364. The van der Waals surface area contributed by atoms with Gasteiger partial charge in [-0.2, -0.15) is 0 Å². The minimum absolute atomic E-state index is 0.0239. The van der Waals surface area contributed by atoms with Gasteiger partial charge in [-0.15, -0.1) is 0 Å². The van der Waals surface area contributed by atoms with E-state index in [-0.39, 0.29) is 31.0 Å². The number of nitrogens with one attached hydrogen (secondary N) is 1. The smallest absolute Gasteiger partial charge is 0.261 e. The number of rotatable bonds is 9. The fourth-order valence-corrected chi connectivity index (χ4v) is 3.06. The molecule has 2 aromatic rings. The molecule has 0 bridgehead atoms. The first-order valence-corrected chi connectivity index (χ1v) is 10.3. The molecule has 0 radical (unpaired) electrons. The maximum atomic E-state index is 12.9. The molecule has 2 rings (SSSR count). The molecule has 0 fully saturated rings. The van der Waals surface area contributed by atoms with Crippen LogP contribution in [0.4, 0.5) is 0 Å². The van der Waals surface area contributed by atoms with Gasteiger partial charge < -0.3 is 15.0 Å². The van der Waals surface area contributed by atoms with Crippen LogP contribution in [0.25, 0.3) is 0 Å². The lowest BCUT2D eigenvalue weighted by Gasteiger charge is -2.29. The summed E-state index contributed by atoms with van der Waals surface area (Å²) >= 11 is 12.0. The largest absolute Gasteiger partial charge is 0.484 e. The maximum Gasteiger partial charge on any atom is 0.261 e. The molecule has 0 aliphatic carbocycles. The van der Waals surface area contributed by atoms with Crippen molar-refractivity contribution in [3.8, 4) is 5.75 Å². The van der Waals surface area contributed by atoms with Crippen molar-refractivity contribution in [2.24, 2.45) is 0 Å². The summed E-state index contributed by atoms with van der Waals surface area (Å²) in [6.07, 6.45) is 0.804. The van der Waals surface area contributed by atoms with E-state index in [0.717, 1.165) is 12.0 Å². The zero-order valence-electron chi connectivity index (χ0n) is 16.8. The monoisotopic (exact) mass is 436 g/mol. The van der Waals surface area contributed by atoms with E-state index in [1.54, 1.807) is 43.3 Å². The molecule has 0 saturated carbocycles. The second-order valence-electron chi connectivity index (χ2n) is 6.89. The van der Waals surface area contributed by atoms with Gasteiger partial charge in [0.15, 0.2) is 6.61 Å². The van der Waals surface area contributed by atoms with Crippen LogP contribution in [0.3, 0.4) is 0 Å². The third-order valence-electron chi connectivity index (χ3n) is 4.57. The lowest BCUT2D eigenvalue weighted by Crippen LogP contribution is -2.50. The average Bonchev–Trinajstić information content (AvgIpc) is 2.69. The molecular formula is C22H26Cl2N2O3. The predicted octanol–water partition coefficient (Wildman–Crippen LogP) is 4.70. The van der Waals surface area contributed by atoms with E-state index in [9.17, 15) is 9.59 Å². The van der Waals surface area contributed by atoms with E-state index >= 15 is 0 Å². The Labute approximate surface area is 181 Å². The van der Waals surface area contributed by atoms with Gasteiger partial charge in [0.05, 0.1) is 0 Å². The Morgan fingerprint density at radius 1 is 1.07 bits per heavy atom. The molecule has 29 heavy (non-hydrogen) atoms. The number of halogens is 2. The van der Waals surface area contributed by atoms with Gasteiger partial charge in [0, 0.05) is 22.6 Å². The first kappa shape index (κ1) is 23.0. The molecule has 0 aliphatic heterocycles. The zero-order chi connectivity index (χ0) is 21.4. The van der Waals surface area contributed by atoms with Crippen molar-refractivity contribution in [2.75, 3.05) is 6.61 Å². The SMILES string of the molecule is CCC(C)NC(=O)C(C)N(Cc1cccc(Cl)c1)C(=O)COc1cccc(Cl)c1. The molecule has 1 N–H and O–H groups in total. The van der Waals surface area contributed by atoms with E-state index in [1.807, 2.05) is 26.0 Å². The van der Waals surface area contributed by atoms with Gasteiger partial charge >= 0.3 is 0 Å². The molecule has 2 amide bonds. The van der Waals surface area contributed by atoms with Gasteiger partial charge in [-0.05, 0) is 56.2 Å². The standard InChI is InChI=1S/C22H26Cl2N2O3/c1-4-15(2)25-22(28)16(3)26(13-17-7-5-8-18(23)11-17)21(27)14-29-20-10-6-9-19(24)12-20/h5-12,15-16H,4,13-14H2,1-3H3,(H,25,28). The van der Waals surface area contributed by atoms with E-state index < -0.39 is 6.04 Å². The highest BCUT2D eigenvalue weighted by atomic mass is 35.5. The van der Waals surface area contributed by atoms with Crippen LogP contribution in [0.15, 0.2) is 48.5 Å². The van der Waals surface area contributed by atoms with Crippen LogP contribution in [-0.4, -0.2) is 35.4 Å². The zero-order valence-corrected chi connectivity index (χ0v) is 18.3. The van der Waals surface area contributed by atoms with Crippen LogP contribution in [0.2, 0.25) is 10.0 Å². The number of amides is 2. The summed E-state index contributed by atoms with van der Waals surface area (Å²) < 4.78 is 5.59. The van der Waals surface area contributed by atoms with E-state index in [0.29, 0.717) is 15.8 Å². The van der Waals surface area contributed by atoms with Crippen LogP contribution in [0, 0.1) is 0 Å². The molecule has 0 aliphatic rings. The van der Waals surface area contributed by atoms with Crippen molar-refractivity contribution in [2.45, 2.75) is 45.8 Å². The number of carbonyl (C=O) groups excluding carboxylic acids is 2. The number of hydrogen-bond acceptors (Lipinski definition) is 3. The van der Waals surface area contributed by atoms with E-state index in [1.165, 1.54) is 4.90 Å². The normalized spacial score (nSPS) is 12.7. The molecular weight excluding hydrogens is 411 g/mol. The molecule has 7 heteroatoms. The summed E-state index contributed by atoms with van der Waals surface area (Å²) in [6.45, 7) is 5.66. The number of nitrogens with zero attached hydrogens (tertiary/aromatic N) is 1. The fourth-order valence-electron chi connectivity index (χ4n) is 2.66. The molecule has 2 atom stereocenters. The van der Waals surface area contributed by atoms with Crippen LogP contribution in [0.5, 0.6) is 5.75 Å². The van der Waals surface area contributed by atoms with Crippen LogP contribution >= 0.6 is 23.2 Å². The Morgan fingerprint density at radius 3 is 2.34 bits per heavy atom. The van der Waals surface area contributed by atoms with Crippen molar-refractivity contribution in [3.63, 3.8) is 0 Å². The second-order valence-corrected chi connectivity index (χ2v) is 7.76. The third-order valence-corrected chi connectivity index (χ3v) is 5.04. The molecule has 156 valence electrons. The van der Waals surface area contributed by atoms with Crippen molar-refractivity contribution >= 4 is 35.0 Å². The van der Waals surface area contributed by atoms with Crippen molar-refractivity contribution in [3.05, 3.63) is 64.1 Å². The summed E-state index contributed by atoms with van der Waals surface area (Å²) in [7, 11) is 0. The minimum atomic E-state index is -0.668. The minimum Gasteiger partial charge on any atom is -0.484 e. The summed E-state index contributed by atoms with van der Waals surface area (Å²) in [5, 5.41) is 4.02. The average molecular weight is 437 g/mol. The summed E-state index contributed by atoms with van der Waals surface area (Å²) in [5.41, 5.74) is 0.830. The topological polar surface area (TPSA) is 58.6 Å². The Hall–Kier alpha value is -2.24. The van der Waals surface area contributed by atoms with Gasteiger partial charge in [0.25, 0.3) is 5.91 Å². The Balaban J connectivity index is 2.15. The molecule has 5 nitrogen and oxygen atoms in total. The second kappa shape index (κ2) is 11.1. The van der Waals surface area contributed by atoms with Gasteiger partial charge in [0.2, 0.25) is 5.91 Å². The van der Waals surface area contributed by atoms with Crippen molar-refractivity contribution < 1.29 is 14.3 Å². The van der Waals surface area contributed by atoms with Crippen molar-refractivity contribution in [1.29, 1.82) is 0 Å². The van der Waals surface area contributed by atoms with Gasteiger partial charge in [-0.3, -0.25) is 9.59 Å². The molecule has 0 spiro atoms. The number of hydrogen-bond donors (Lipinski definition) is 1. The first-order valence-electron chi connectivity index (χ1n) is 9.52. The highest BCUT2D eigenvalue weighted by molar-refractivity contribution is 6.30. The first-order chi connectivity index (χ1) is 13.8. The Bertz CT molecular complexity index is 844. The number of ether oxygens (including phenoxy) is 1. The third kappa shape index (κ3) is 7.26. The Kier molecular flexibility index (Phi) is 8.80. The number of carbonyl (C=O) groups is 2. The quantitative estimate of drug-likeness (QED) is 0.619. The van der Waals surface area contributed by atoms with Crippen LogP contribution < -0.4 is 10.1 Å². The predicted molar refractivity (Wildman–Crippen MR) is 116 cm³/mol. The van der Waals surface area contributed by atoms with E-state index in [4.69, 9.17) is 27.9 Å². The molecule has 0 saturated heterocycles. The van der Waals surface area contributed by atoms with E-state index in [2.05, 4.69) is 5.32 Å². The maximum absolute atomic E-state index is 12.9. The lowest BCUT2D eigenvalue weighted by atomic mass is 10.1. The van der Waals surface area contributed by atoms with Gasteiger partial charge in [0.1, 0.15) is 11.8 Å². The summed E-state index contributed by atoms with van der Waals surface area (Å²) in [4.78, 5) is 27.1. The van der Waals surface area contributed by atoms with Crippen LogP contribution in [0.1, 0.15) is 32.8 Å². The van der Waals surface area contributed by atoms with Crippen LogP contribution in [-0.2, 0) is 16.1 Å². The molecule has 0 heterocycles. The summed E-state index contributed by atoms with van der Waals surface area (Å²) in [5.74, 6) is -0.0282. The lowest BCUT2D eigenvalue weighted by molar-refractivity contribution is -0.142. The van der Waals surface area contributed by atoms with Crippen molar-refractivity contribution in [1.82, 2.24) is 10.2 Å². The molecule has 0 aromatic heterocycles. The number of benzene rings is 2.